The van der Waals surface area contributed by atoms with E-state index < -0.39 is 11.7 Å². The molecule has 1 saturated carbocycles. The molecule has 0 bridgehead atoms. The predicted molar refractivity (Wildman–Crippen MR) is 133 cm³/mol. The van der Waals surface area contributed by atoms with Crippen LogP contribution in [0.2, 0.25) is 0 Å². The van der Waals surface area contributed by atoms with Gasteiger partial charge in [0, 0.05) is 48.3 Å². The van der Waals surface area contributed by atoms with Gasteiger partial charge in [-0.2, -0.15) is 18.3 Å². The molecule has 2 fully saturated rings. The average molecular weight is 521 g/mol. The normalized spacial score (nSPS) is 23.2. The Hall–Kier alpha value is -4.06. The van der Waals surface area contributed by atoms with Crippen molar-refractivity contribution < 1.29 is 17.7 Å². The van der Waals surface area contributed by atoms with Gasteiger partial charge in [-0.05, 0) is 37.3 Å². The summed E-state index contributed by atoms with van der Waals surface area (Å²) in [5.74, 6) is 2.25. The number of halogens is 3. The molecule has 3 atom stereocenters. The van der Waals surface area contributed by atoms with Crippen molar-refractivity contribution in [2.75, 3.05) is 24.5 Å². The van der Waals surface area contributed by atoms with Crippen molar-refractivity contribution in [2.24, 2.45) is 17.6 Å². The Morgan fingerprint density at radius 2 is 2.05 bits per heavy atom. The summed E-state index contributed by atoms with van der Waals surface area (Å²) in [6.07, 6.45) is -0.521. The number of aryl methyl sites for hydroxylation is 1. The van der Waals surface area contributed by atoms with E-state index in [1.54, 1.807) is 18.3 Å². The van der Waals surface area contributed by atoms with E-state index in [9.17, 15) is 13.2 Å². The summed E-state index contributed by atoms with van der Waals surface area (Å²) in [7, 11) is 0. The minimum atomic E-state index is -4.51. The van der Waals surface area contributed by atoms with Gasteiger partial charge in [0.15, 0.2) is 0 Å². The number of benzene rings is 1. The fourth-order valence-electron chi connectivity index (χ4n) is 6.30. The van der Waals surface area contributed by atoms with Crippen LogP contribution in [0.25, 0.3) is 33.3 Å². The highest BCUT2D eigenvalue weighted by Gasteiger charge is 2.67. The average Bonchev–Trinajstić information content (AvgIpc) is 3.16. The molecule has 7 rings (SSSR count). The van der Waals surface area contributed by atoms with Crippen molar-refractivity contribution in [3.8, 4) is 11.3 Å². The summed E-state index contributed by atoms with van der Waals surface area (Å²) >= 11 is 0. The number of aromatic nitrogens is 6. The molecular weight excluding hydrogens is 497 g/mol. The van der Waals surface area contributed by atoms with Gasteiger partial charge in [-0.25, -0.2) is 9.97 Å². The molecule has 1 saturated heterocycles. The van der Waals surface area contributed by atoms with Crippen LogP contribution in [0.15, 0.2) is 47.2 Å². The van der Waals surface area contributed by atoms with Crippen molar-refractivity contribution >= 4 is 27.9 Å². The fourth-order valence-corrected chi connectivity index (χ4v) is 6.30. The second-order valence-corrected chi connectivity index (χ2v) is 10.1. The summed E-state index contributed by atoms with van der Waals surface area (Å²) in [6.45, 7) is 3.95. The van der Waals surface area contributed by atoms with E-state index in [2.05, 4.69) is 30.2 Å². The molecule has 0 spiro atoms. The molecule has 5 aromatic rings. The third kappa shape index (κ3) is 3.25. The highest BCUT2D eigenvalue weighted by molar-refractivity contribution is 6.01. The zero-order chi connectivity index (χ0) is 26.2. The Morgan fingerprint density at radius 1 is 1.18 bits per heavy atom. The number of hydrogen-bond donors (Lipinski definition) is 2. The molecule has 9 nitrogen and oxygen atoms in total. The van der Waals surface area contributed by atoms with Crippen LogP contribution >= 0.6 is 0 Å². The number of piperidine rings is 1. The number of rotatable bonds is 4. The van der Waals surface area contributed by atoms with Gasteiger partial charge in [0.25, 0.3) is 0 Å². The lowest BCUT2D eigenvalue weighted by Crippen LogP contribution is -2.32. The summed E-state index contributed by atoms with van der Waals surface area (Å²) in [5, 5.41) is 11.9. The van der Waals surface area contributed by atoms with Crippen molar-refractivity contribution in [1.82, 2.24) is 30.3 Å². The monoisotopic (exact) mass is 520 g/mol. The lowest BCUT2D eigenvalue weighted by Gasteiger charge is -2.26. The van der Waals surface area contributed by atoms with Gasteiger partial charge < -0.3 is 15.2 Å². The van der Waals surface area contributed by atoms with Crippen LogP contribution in [-0.2, 0) is 11.6 Å². The zero-order valence-corrected chi connectivity index (χ0v) is 20.3. The molecule has 0 radical (unpaired) electrons. The number of nitrogens with two attached hydrogens (primary N) is 1. The molecule has 12 heteroatoms. The first-order valence-corrected chi connectivity index (χ1v) is 12.4. The summed E-state index contributed by atoms with van der Waals surface area (Å²) < 4.78 is 46.0. The van der Waals surface area contributed by atoms with E-state index >= 15 is 0 Å². The van der Waals surface area contributed by atoms with Crippen molar-refractivity contribution in [3.05, 3.63) is 59.7 Å². The van der Waals surface area contributed by atoms with Gasteiger partial charge in [0.1, 0.15) is 17.1 Å². The third-order valence-electron chi connectivity index (χ3n) is 8.19. The molecule has 1 aliphatic heterocycles. The summed E-state index contributed by atoms with van der Waals surface area (Å²) in [6, 6.07) is 7.66. The number of H-pyrrole nitrogens is 1. The Bertz CT molecular complexity index is 1700. The molecule has 1 aromatic carbocycles. The molecule has 0 unspecified atom stereocenters. The van der Waals surface area contributed by atoms with Crippen LogP contribution in [0.3, 0.4) is 0 Å². The summed E-state index contributed by atoms with van der Waals surface area (Å²) in [4.78, 5) is 15.6. The van der Waals surface area contributed by atoms with E-state index in [1.165, 1.54) is 12.3 Å². The quantitative estimate of drug-likeness (QED) is 0.361. The number of pyridine rings is 1. The van der Waals surface area contributed by atoms with E-state index in [4.69, 9.17) is 15.2 Å². The maximum Gasteiger partial charge on any atom is 0.418 e. The molecule has 1 aliphatic carbocycles. The topological polar surface area (TPSA) is 123 Å². The third-order valence-corrected chi connectivity index (χ3v) is 8.19. The second-order valence-electron chi connectivity index (χ2n) is 10.1. The van der Waals surface area contributed by atoms with Gasteiger partial charge in [0.2, 0.25) is 5.65 Å². The van der Waals surface area contributed by atoms with Crippen LogP contribution < -0.4 is 10.6 Å². The SMILES string of the molecule is Cc1cc([C@@]2(CN)[C@@H]3CCN(c4cnc5c(-c6ccc(C(F)(F)F)c7ncccc67)[nH]nc5n4)C[C@@H]32)no1. The van der Waals surface area contributed by atoms with Gasteiger partial charge in [0.05, 0.1) is 28.7 Å². The second kappa shape index (κ2) is 7.97. The first-order chi connectivity index (χ1) is 18.3. The van der Waals surface area contributed by atoms with E-state index in [0.29, 0.717) is 52.0 Å². The number of nitrogens with zero attached hydrogens (tertiary/aromatic N) is 6. The Balaban J connectivity index is 1.21. The highest BCUT2D eigenvalue weighted by atomic mass is 19.4. The van der Waals surface area contributed by atoms with Gasteiger partial charge in [-0.1, -0.05) is 17.3 Å². The summed E-state index contributed by atoms with van der Waals surface area (Å²) in [5.41, 5.74) is 7.98. The molecule has 3 N–H and O–H groups in total. The van der Waals surface area contributed by atoms with Gasteiger partial charge in [-0.15, -0.1) is 0 Å². The molecule has 5 heterocycles. The van der Waals surface area contributed by atoms with Crippen molar-refractivity contribution in [1.29, 1.82) is 0 Å². The molecule has 0 amide bonds. The van der Waals surface area contributed by atoms with E-state index in [1.807, 2.05) is 13.0 Å². The van der Waals surface area contributed by atoms with Gasteiger partial charge in [-0.3, -0.25) is 10.1 Å². The number of hydrogen-bond acceptors (Lipinski definition) is 8. The predicted octanol–water partition coefficient (Wildman–Crippen LogP) is 4.24. The Kier molecular flexibility index (Phi) is 4.84. The van der Waals surface area contributed by atoms with Crippen LogP contribution in [0, 0.1) is 18.8 Å². The maximum atomic E-state index is 13.6. The molecular formula is C26H23F3N8O. The van der Waals surface area contributed by atoms with Crippen LogP contribution in [-0.4, -0.2) is 49.9 Å². The van der Waals surface area contributed by atoms with Crippen molar-refractivity contribution in [2.45, 2.75) is 24.9 Å². The molecule has 194 valence electrons. The number of fused-ring (bicyclic) bond motifs is 3. The van der Waals surface area contributed by atoms with Crippen LogP contribution in [0.4, 0.5) is 19.0 Å². The van der Waals surface area contributed by atoms with Crippen molar-refractivity contribution in [3.63, 3.8) is 0 Å². The standard InChI is InChI=1S/C26H23F3N8O/c1-13-9-19(36-38-13)25(12-30)16-6-8-37(11-18(16)25)20-10-32-23-22(34-35-24(23)33-20)15-4-5-17(26(27,28)29)21-14(15)3-2-7-31-21/h2-5,7,9-10,16,18H,6,8,11-12,30H2,1H3,(H,33,34,35)/t16-,18+,25+/m1/s1. The maximum absolute atomic E-state index is 13.6. The van der Waals surface area contributed by atoms with Crippen LogP contribution in [0.1, 0.15) is 23.4 Å². The highest BCUT2D eigenvalue weighted by Crippen LogP contribution is 2.62. The number of aromatic amines is 1. The molecule has 4 aromatic heterocycles. The lowest BCUT2D eigenvalue weighted by molar-refractivity contribution is -0.136. The Morgan fingerprint density at radius 3 is 2.82 bits per heavy atom. The minimum Gasteiger partial charge on any atom is -0.361 e. The number of nitrogens with one attached hydrogen (secondary N) is 1. The van der Waals surface area contributed by atoms with E-state index in [-0.39, 0.29) is 10.9 Å². The first-order valence-electron chi connectivity index (χ1n) is 12.4. The Labute approximate surface area is 214 Å². The van der Waals surface area contributed by atoms with Crippen LogP contribution in [0.5, 0.6) is 0 Å². The zero-order valence-electron chi connectivity index (χ0n) is 20.3. The first kappa shape index (κ1) is 23.1. The number of anilines is 1. The molecule has 2 aliphatic rings. The van der Waals surface area contributed by atoms with Gasteiger partial charge >= 0.3 is 6.18 Å². The largest absolute Gasteiger partial charge is 0.418 e. The molecule has 38 heavy (non-hydrogen) atoms. The fraction of sp³-hybridized carbons (Fsp3) is 0.346. The smallest absolute Gasteiger partial charge is 0.361 e. The number of alkyl halides is 3. The lowest BCUT2D eigenvalue weighted by atomic mass is 9.97. The minimum absolute atomic E-state index is 0.122. The van der Waals surface area contributed by atoms with E-state index in [0.717, 1.165) is 37.0 Å².